The van der Waals surface area contributed by atoms with E-state index >= 15 is 0 Å². The third-order valence-electron chi connectivity index (χ3n) is 5.57. The number of carbonyl (C=O) groups is 2. The van der Waals surface area contributed by atoms with Crippen LogP contribution in [0.3, 0.4) is 0 Å². The van der Waals surface area contributed by atoms with Crippen molar-refractivity contribution in [2.24, 2.45) is 5.92 Å². The number of aryl methyl sites for hydroxylation is 2. The van der Waals surface area contributed by atoms with E-state index < -0.39 is 0 Å². The van der Waals surface area contributed by atoms with E-state index in [2.05, 4.69) is 15.3 Å². The van der Waals surface area contributed by atoms with Gasteiger partial charge in [0.25, 0.3) is 5.91 Å². The Morgan fingerprint density at radius 2 is 2.00 bits per heavy atom. The molecule has 0 aliphatic carbocycles. The van der Waals surface area contributed by atoms with Crippen molar-refractivity contribution in [2.45, 2.75) is 33.2 Å². The molecule has 3 aromatic rings. The summed E-state index contributed by atoms with van der Waals surface area (Å²) in [5.41, 5.74) is 3.90. The molecule has 0 saturated carbocycles. The SMILES string of the molecule is Cc1ccc(CNC(=O)C2CCCN(C(=O)c3sc(-c4cccnc4)nc3C)C2)cc1. The van der Waals surface area contributed by atoms with Gasteiger partial charge in [-0.1, -0.05) is 29.8 Å². The fourth-order valence-electron chi connectivity index (χ4n) is 3.77. The quantitative estimate of drug-likeness (QED) is 0.659. The summed E-state index contributed by atoms with van der Waals surface area (Å²) in [7, 11) is 0. The van der Waals surface area contributed by atoms with Crippen LogP contribution in [0.4, 0.5) is 0 Å². The number of rotatable bonds is 5. The Labute approximate surface area is 186 Å². The number of carbonyl (C=O) groups excluding carboxylic acids is 2. The number of likely N-dealkylation sites (tertiary alicyclic amines) is 1. The third kappa shape index (κ3) is 4.99. The molecule has 1 aliphatic heterocycles. The highest BCUT2D eigenvalue weighted by atomic mass is 32.1. The van der Waals surface area contributed by atoms with Crippen molar-refractivity contribution in [3.05, 3.63) is 70.5 Å². The summed E-state index contributed by atoms with van der Waals surface area (Å²) in [6.45, 7) is 5.52. The zero-order chi connectivity index (χ0) is 21.8. The molecule has 0 radical (unpaired) electrons. The molecule has 1 aromatic carbocycles. The summed E-state index contributed by atoms with van der Waals surface area (Å²) in [5, 5.41) is 3.82. The van der Waals surface area contributed by atoms with Crippen molar-refractivity contribution < 1.29 is 9.59 Å². The van der Waals surface area contributed by atoms with Crippen LogP contribution >= 0.6 is 11.3 Å². The number of benzene rings is 1. The number of aromatic nitrogens is 2. The van der Waals surface area contributed by atoms with E-state index in [9.17, 15) is 9.59 Å². The van der Waals surface area contributed by atoms with Crippen molar-refractivity contribution in [3.63, 3.8) is 0 Å². The van der Waals surface area contributed by atoms with Gasteiger partial charge in [-0.15, -0.1) is 11.3 Å². The molecule has 2 aromatic heterocycles. The maximum Gasteiger partial charge on any atom is 0.265 e. The maximum atomic E-state index is 13.2. The molecule has 1 unspecified atom stereocenters. The van der Waals surface area contributed by atoms with Crippen molar-refractivity contribution in [2.75, 3.05) is 13.1 Å². The Kier molecular flexibility index (Phi) is 6.42. The van der Waals surface area contributed by atoms with Gasteiger partial charge in [-0.25, -0.2) is 4.98 Å². The molecule has 7 heteroatoms. The second-order valence-electron chi connectivity index (χ2n) is 7.97. The van der Waals surface area contributed by atoms with Gasteiger partial charge in [0.05, 0.1) is 11.6 Å². The fourth-order valence-corrected chi connectivity index (χ4v) is 4.79. The lowest BCUT2D eigenvalue weighted by Gasteiger charge is -2.31. The highest BCUT2D eigenvalue weighted by molar-refractivity contribution is 7.17. The van der Waals surface area contributed by atoms with Crippen LogP contribution in [0.1, 0.15) is 39.3 Å². The van der Waals surface area contributed by atoms with Crippen molar-refractivity contribution in [1.29, 1.82) is 0 Å². The smallest absolute Gasteiger partial charge is 0.265 e. The molecular weight excluding hydrogens is 408 g/mol. The minimum Gasteiger partial charge on any atom is -0.352 e. The van der Waals surface area contributed by atoms with Gasteiger partial charge in [0.1, 0.15) is 9.88 Å². The first kappa shape index (κ1) is 21.2. The van der Waals surface area contributed by atoms with E-state index in [1.807, 2.05) is 50.2 Å². The molecule has 1 N–H and O–H groups in total. The van der Waals surface area contributed by atoms with E-state index in [0.717, 1.165) is 34.7 Å². The lowest BCUT2D eigenvalue weighted by molar-refractivity contribution is -0.126. The van der Waals surface area contributed by atoms with Crippen LogP contribution in [0, 0.1) is 19.8 Å². The summed E-state index contributed by atoms with van der Waals surface area (Å²) in [4.78, 5) is 37.1. The Morgan fingerprint density at radius 3 is 2.74 bits per heavy atom. The van der Waals surface area contributed by atoms with Crippen LogP contribution in [-0.2, 0) is 11.3 Å². The van der Waals surface area contributed by atoms with Gasteiger partial charge in [0.15, 0.2) is 0 Å². The van der Waals surface area contributed by atoms with E-state index in [-0.39, 0.29) is 17.7 Å². The molecule has 1 saturated heterocycles. The van der Waals surface area contributed by atoms with Gasteiger partial charge in [-0.3, -0.25) is 14.6 Å². The molecule has 4 rings (SSSR count). The van der Waals surface area contributed by atoms with Crippen molar-refractivity contribution in [1.82, 2.24) is 20.2 Å². The Balaban J connectivity index is 1.40. The van der Waals surface area contributed by atoms with E-state index in [4.69, 9.17) is 0 Å². The van der Waals surface area contributed by atoms with Crippen LogP contribution < -0.4 is 5.32 Å². The summed E-state index contributed by atoms with van der Waals surface area (Å²) in [5.74, 6) is -0.217. The van der Waals surface area contributed by atoms with Crippen LogP contribution in [0.25, 0.3) is 10.6 Å². The second kappa shape index (κ2) is 9.39. The topological polar surface area (TPSA) is 75.2 Å². The first-order valence-corrected chi connectivity index (χ1v) is 11.3. The molecule has 6 nitrogen and oxygen atoms in total. The molecule has 0 bridgehead atoms. The zero-order valence-electron chi connectivity index (χ0n) is 17.8. The standard InChI is InChI=1S/C24H26N4O2S/c1-16-7-9-18(10-8-16)13-26-22(29)20-6-4-12-28(15-20)24(30)21-17(2)27-23(31-21)19-5-3-11-25-14-19/h3,5,7-11,14,20H,4,6,12-13,15H2,1-2H3,(H,26,29). The van der Waals surface area contributed by atoms with Crippen LogP contribution in [-0.4, -0.2) is 39.8 Å². The number of hydrogen-bond donors (Lipinski definition) is 1. The van der Waals surface area contributed by atoms with E-state index in [1.54, 1.807) is 17.3 Å². The van der Waals surface area contributed by atoms with Crippen LogP contribution in [0.2, 0.25) is 0 Å². The first-order chi connectivity index (χ1) is 15.0. The first-order valence-electron chi connectivity index (χ1n) is 10.5. The number of hydrogen-bond acceptors (Lipinski definition) is 5. The zero-order valence-corrected chi connectivity index (χ0v) is 18.6. The van der Waals surface area contributed by atoms with Crippen molar-refractivity contribution >= 4 is 23.2 Å². The Bertz CT molecular complexity index is 1060. The minimum absolute atomic E-state index is 0.00940. The Morgan fingerprint density at radius 1 is 1.19 bits per heavy atom. The molecule has 1 fully saturated rings. The van der Waals surface area contributed by atoms with Gasteiger partial charge in [-0.05, 0) is 44.4 Å². The highest BCUT2D eigenvalue weighted by Crippen LogP contribution is 2.29. The maximum absolute atomic E-state index is 13.2. The predicted molar refractivity (Wildman–Crippen MR) is 122 cm³/mol. The second-order valence-corrected chi connectivity index (χ2v) is 8.97. The summed E-state index contributed by atoms with van der Waals surface area (Å²) < 4.78 is 0. The van der Waals surface area contributed by atoms with Gasteiger partial charge >= 0.3 is 0 Å². The van der Waals surface area contributed by atoms with Crippen LogP contribution in [0.5, 0.6) is 0 Å². The van der Waals surface area contributed by atoms with Gasteiger partial charge in [0.2, 0.25) is 5.91 Å². The summed E-state index contributed by atoms with van der Waals surface area (Å²) >= 11 is 1.39. The predicted octanol–water partition coefficient (Wildman–Crippen LogP) is 3.99. The number of thiazole rings is 1. The fraction of sp³-hybridized carbons (Fsp3) is 0.333. The Hall–Kier alpha value is -3.06. The average Bonchev–Trinajstić information content (AvgIpc) is 3.20. The number of pyridine rings is 1. The largest absolute Gasteiger partial charge is 0.352 e. The summed E-state index contributed by atoms with van der Waals surface area (Å²) in [6, 6.07) is 11.9. The minimum atomic E-state index is -0.186. The lowest BCUT2D eigenvalue weighted by atomic mass is 9.96. The molecule has 0 spiro atoms. The van der Waals surface area contributed by atoms with Crippen LogP contribution in [0.15, 0.2) is 48.8 Å². The highest BCUT2D eigenvalue weighted by Gasteiger charge is 2.30. The van der Waals surface area contributed by atoms with Crippen molar-refractivity contribution in [3.8, 4) is 10.6 Å². The molecular formula is C24H26N4O2S. The molecule has 2 amide bonds. The number of amides is 2. The molecule has 31 heavy (non-hydrogen) atoms. The van der Waals surface area contributed by atoms with E-state index in [0.29, 0.717) is 24.5 Å². The molecule has 3 heterocycles. The molecule has 160 valence electrons. The molecule has 1 aliphatic rings. The molecule has 1 atom stereocenters. The lowest BCUT2D eigenvalue weighted by Crippen LogP contribution is -2.45. The number of nitrogens with zero attached hydrogens (tertiary/aromatic N) is 3. The number of nitrogens with one attached hydrogen (secondary N) is 1. The average molecular weight is 435 g/mol. The monoisotopic (exact) mass is 434 g/mol. The van der Waals surface area contributed by atoms with Gasteiger partial charge in [-0.2, -0.15) is 0 Å². The normalized spacial score (nSPS) is 16.2. The summed E-state index contributed by atoms with van der Waals surface area (Å²) in [6.07, 6.45) is 5.09. The third-order valence-corrected chi connectivity index (χ3v) is 6.76. The van der Waals surface area contributed by atoms with E-state index in [1.165, 1.54) is 16.9 Å². The van der Waals surface area contributed by atoms with Gasteiger partial charge < -0.3 is 10.2 Å². The number of piperidine rings is 1. The van der Waals surface area contributed by atoms with Gasteiger partial charge in [0, 0.05) is 37.6 Å².